The Morgan fingerprint density at radius 2 is 1.97 bits per heavy atom. The van der Waals surface area contributed by atoms with E-state index in [1.807, 2.05) is 30.5 Å². The molecule has 0 bridgehead atoms. The van der Waals surface area contributed by atoms with Gasteiger partial charge < -0.3 is 9.80 Å². The first-order valence-electron chi connectivity index (χ1n) is 12.0. The van der Waals surface area contributed by atoms with Crippen LogP contribution < -0.4 is 4.90 Å². The van der Waals surface area contributed by atoms with Crippen LogP contribution in [-0.4, -0.2) is 51.6 Å². The fourth-order valence-electron chi connectivity index (χ4n) is 5.24. The average molecular weight is 468 g/mol. The molecule has 0 saturated carbocycles. The number of amides is 1. The third kappa shape index (κ3) is 4.01. The topological polar surface area (TPSA) is 62.2 Å². The number of benzene rings is 2. The van der Waals surface area contributed by atoms with Crippen molar-refractivity contribution < 1.29 is 9.18 Å². The Kier molecular flexibility index (Phi) is 5.40. The van der Waals surface area contributed by atoms with E-state index in [0.717, 1.165) is 51.9 Å². The number of pyridine rings is 1. The monoisotopic (exact) mass is 467 g/mol. The van der Waals surface area contributed by atoms with Crippen LogP contribution in [0.2, 0.25) is 0 Å². The van der Waals surface area contributed by atoms with Crippen LogP contribution >= 0.6 is 0 Å². The highest BCUT2D eigenvalue weighted by molar-refractivity contribution is 5.96. The fraction of sp³-hybridized carbons (Fsp3) is 0.286. The lowest BCUT2D eigenvalue weighted by atomic mass is 9.96. The first kappa shape index (κ1) is 21.6. The van der Waals surface area contributed by atoms with Crippen molar-refractivity contribution in [3.8, 4) is 11.1 Å². The maximum absolute atomic E-state index is 13.6. The number of halogens is 1. The molecule has 0 aliphatic carbocycles. The van der Waals surface area contributed by atoms with E-state index in [9.17, 15) is 9.18 Å². The second-order valence-corrected chi connectivity index (χ2v) is 9.42. The van der Waals surface area contributed by atoms with E-state index < -0.39 is 6.17 Å². The van der Waals surface area contributed by atoms with Gasteiger partial charge in [-0.25, -0.2) is 14.4 Å². The minimum absolute atomic E-state index is 0.0886. The first-order chi connectivity index (χ1) is 17.1. The van der Waals surface area contributed by atoms with Crippen LogP contribution in [0.5, 0.6) is 0 Å². The van der Waals surface area contributed by atoms with Gasteiger partial charge in [0.25, 0.3) is 5.91 Å². The van der Waals surface area contributed by atoms with Gasteiger partial charge in [0.2, 0.25) is 0 Å². The number of carbonyl (C=O) groups is 1. The second kappa shape index (κ2) is 8.73. The maximum Gasteiger partial charge on any atom is 0.253 e. The molecule has 0 unspecified atom stereocenters. The molecule has 4 aromatic rings. The minimum atomic E-state index is -0.918. The van der Waals surface area contributed by atoms with Gasteiger partial charge in [0.05, 0.1) is 12.1 Å². The van der Waals surface area contributed by atoms with Crippen molar-refractivity contribution in [2.24, 2.45) is 0 Å². The summed E-state index contributed by atoms with van der Waals surface area (Å²) in [5.74, 6) is 0.806. The van der Waals surface area contributed by atoms with Crippen molar-refractivity contribution in [1.82, 2.24) is 19.9 Å². The Morgan fingerprint density at radius 1 is 1.06 bits per heavy atom. The predicted molar refractivity (Wildman–Crippen MR) is 134 cm³/mol. The van der Waals surface area contributed by atoms with E-state index in [1.165, 1.54) is 5.56 Å². The molecule has 1 amide bonds. The molecule has 7 heteroatoms. The number of anilines is 1. The van der Waals surface area contributed by atoms with Gasteiger partial charge in [-0.15, -0.1) is 0 Å². The SMILES string of the molecule is Cc1cc(-c2cccnc2)cc2c(N3CCc4ccc(C(=O)N5CC[C@H](F)C5)cc4C3)ncnc12. The molecule has 1 atom stereocenters. The average Bonchev–Trinajstić information content (AvgIpc) is 3.34. The molecule has 6 nitrogen and oxygen atoms in total. The summed E-state index contributed by atoms with van der Waals surface area (Å²) in [7, 11) is 0. The largest absolute Gasteiger partial charge is 0.351 e. The van der Waals surface area contributed by atoms with Crippen molar-refractivity contribution >= 4 is 22.6 Å². The van der Waals surface area contributed by atoms with Gasteiger partial charge in [0, 0.05) is 48.5 Å². The van der Waals surface area contributed by atoms with E-state index in [-0.39, 0.29) is 12.5 Å². The zero-order valence-electron chi connectivity index (χ0n) is 19.6. The fourth-order valence-corrected chi connectivity index (χ4v) is 5.24. The van der Waals surface area contributed by atoms with Gasteiger partial charge in [-0.05, 0) is 72.4 Å². The molecule has 2 aromatic carbocycles. The number of aromatic nitrogens is 3. The zero-order valence-corrected chi connectivity index (χ0v) is 19.6. The Labute approximate surface area is 203 Å². The molecule has 4 heterocycles. The molecular formula is C28H26FN5O. The summed E-state index contributed by atoms with van der Waals surface area (Å²) in [5.41, 5.74) is 7.15. The summed E-state index contributed by atoms with van der Waals surface area (Å²) < 4.78 is 13.6. The van der Waals surface area contributed by atoms with Gasteiger partial charge in [0.15, 0.2) is 0 Å². The van der Waals surface area contributed by atoms with E-state index in [0.29, 0.717) is 25.1 Å². The molecule has 176 valence electrons. The quantitative estimate of drug-likeness (QED) is 0.435. The number of alkyl halides is 1. The highest BCUT2D eigenvalue weighted by atomic mass is 19.1. The number of rotatable bonds is 3. The van der Waals surface area contributed by atoms with Crippen molar-refractivity contribution in [3.05, 3.63) is 83.4 Å². The molecule has 2 aromatic heterocycles. The Hall–Kier alpha value is -3.87. The smallest absolute Gasteiger partial charge is 0.253 e. The highest BCUT2D eigenvalue weighted by Gasteiger charge is 2.28. The van der Waals surface area contributed by atoms with Crippen LogP contribution in [0.4, 0.5) is 10.2 Å². The van der Waals surface area contributed by atoms with Crippen LogP contribution in [0.1, 0.15) is 33.5 Å². The Morgan fingerprint density at radius 3 is 2.77 bits per heavy atom. The number of aryl methyl sites for hydroxylation is 1. The Bertz CT molecular complexity index is 1420. The number of fused-ring (bicyclic) bond motifs is 2. The molecule has 0 spiro atoms. The van der Waals surface area contributed by atoms with Gasteiger partial charge >= 0.3 is 0 Å². The lowest BCUT2D eigenvalue weighted by Gasteiger charge is -2.31. The Balaban J connectivity index is 1.35. The molecule has 2 aliphatic rings. The van der Waals surface area contributed by atoms with Crippen LogP contribution in [0, 0.1) is 6.92 Å². The summed E-state index contributed by atoms with van der Waals surface area (Å²) >= 11 is 0. The summed E-state index contributed by atoms with van der Waals surface area (Å²) in [4.78, 5) is 30.3. The molecule has 2 aliphatic heterocycles. The molecule has 0 radical (unpaired) electrons. The molecule has 6 rings (SSSR count). The summed E-state index contributed by atoms with van der Waals surface area (Å²) in [6.45, 7) is 4.23. The molecule has 35 heavy (non-hydrogen) atoms. The minimum Gasteiger partial charge on any atom is -0.351 e. The lowest BCUT2D eigenvalue weighted by Crippen LogP contribution is -2.32. The predicted octanol–water partition coefficient (Wildman–Crippen LogP) is 4.75. The van der Waals surface area contributed by atoms with Crippen molar-refractivity contribution in [2.45, 2.75) is 32.5 Å². The van der Waals surface area contributed by atoms with Gasteiger partial charge in [-0.1, -0.05) is 12.1 Å². The van der Waals surface area contributed by atoms with Crippen molar-refractivity contribution in [2.75, 3.05) is 24.5 Å². The van der Waals surface area contributed by atoms with E-state index >= 15 is 0 Å². The summed E-state index contributed by atoms with van der Waals surface area (Å²) in [5, 5.41) is 1.01. The van der Waals surface area contributed by atoms with Crippen molar-refractivity contribution in [1.29, 1.82) is 0 Å². The number of carbonyl (C=O) groups excluding carboxylic acids is 1. The third-order valence-corrected chi connectivity index (χ3v) is 7.09. The van der Waals surface area contributed by atoms with Crippen LogP contribution in [0.3, 0.4) is 0 Å². The highest BCUT2D eigenvalue weighted by Crippen LogP contribution is 2.33. The lowest BCUT2D eigenvalue weighted by molar-refractivity contribution is 0.0782. The molecule has 1 fully saturated rings. The van der Waals surface area contributed by atoms with E-state index in [1.54, 1.807) is 17.4 Å². The summed E-state index contributed by atoms with van der Waals surface area (Å²) in [6.07, 6.45) is 5.64. The third-order valence-electron chi connectivity index (χ3n) is 7.09. The standard InChI is InChI=1S/C28H26FN5O/c1-18-11-22(21-3-2-8-30-14-21)13-25-26(18)31-17-32-27(25)33-9-6-19-4-5-20(12-23(19)15-33)28(35)34-10-7-24(29)16-34/h2-5,8,11-14,17,24H,6-7,9-10,15-16H2,1H3/t24-/m0/s1. The molecule has 1 saturated heterocycles. The van der Waals surface area contributed by atoms with Crippen LogP contribution in [0.15, 0.2) is 61.2 Å². The van der Waals surface area contributed by atoms with Gasteiger partial charge in [-0.3, -0.25) is 9.78 Å². The number of nitrogens with zero attached hydrogens (tertiary/aromatic N) is 5. The zero-order chi connectivity index (χ0) is 23.9. The van der Waals surface area contributed by atoms with Crippen LogP contribution in [0.25, 0.3) is 22.0 Å². The molecule has 0 N–H and O–H groups in total. The molecular weight excluding hydrogens is 441 g/mol. The second-order valence-electron chi connectivity index (χ2n) is 9.42. The normalized spacial score (nSPS) is 17.6. The van der Waals surface area contributed by atoms with Gasteiger partial charge in [-0.2, -0.15) is 0 Å². The first-order valence-corrected chi connectivity index (χ1v) is 12.0. The maximum atomic E-state index is 13.6. The van der Waals surface area contributed by atoms with Crippen molar-refractivity contribution in [3.63, 3.8) is 0 Å². The number of hydrogen-bond donors (Lipinski definition) is 0. The number of likely N-dealkylation sites (tertiary alicyclic amines) is 1. The van der Waals surface area contributed by atoms with Crippen LogP contribution in [-0.2, 0) is 13.0 Å². The van der Waals surface area contributed by atoms with E-state index in [4.69, 9.17) is 4.98 Å². The van der Waals surface area contributed by atoms with E-state index in [2.05, 4.69) is 40.0 Å². The number of hydrogen-bond acceptors (Lipinski definition) is 5. The summed E-state index contributed by atoms with van der Waals surface area (Å²) in [6, 6.07) is 14.2. The van der Waals surface area contributed by atoms with Gasteiger partial charge in [0.1, 0.15) is 18.3 Å².